The summed E-state index contributed by atoms with van der Waals surface area (Å²) in [4.78, 5) is 17.1. The number of nitrogens with zero attached hydrogens (tertiary/aromatic N) is 4. The van der Waals surface area contributed by atoms with Gasteiger partial charge in [0, 0.05) is 27.7 Å². The molecule has 0 saturated heterocycles. The van der Waals surface area contributed by atoms with Crippen LogP contribution >= 0.6 is 23.2 Å². The van der Waals surface area contributed by atoms with Crippen LogP contribution in [0.3, 0.4) is 0 Å². The van der Waals surface area contributed by atoms with Crippen LogP contribution in [0.2, 0.25) is 10.2 Å². The lowest BCUT2D eigenvalue weighted by Crippen LogP contribution is -1.95. The van der Waals surface area contributed by atoms with E-state index >= 15 is 0 Å². The van der Waals surface area contributed by atoms with Gasteiger partial charge in [0.25, 0.3) is 0 Å². The van der Waals surface area contributed by atoms with Crippen molar-refractivity contribution in [3.05, 3.63) is 71.0 Å². The first kappa shape index (κ1) is 15.9. The number of aromatic nitrogens is 4. The Hall–Kier alpha value is -2.63. The van der Waals surface area contributed by atoms with E-state index in [1.165, 1.54) is 24.4 Å². The highest BCUT2D eigenvalue weighted by Crippen LogP contribution is 2.32. The number of hydrogen-bond donors (Lipinski definition) is 0. The SMILES string of the molecule is Fc1ccc(Cl)cc1-c1cc(-c2cncc(Cl)n2)c2cccnc2n1. The molecule has 0 bridgehead atoms. The molecule has 25 heavy (non-hydrogen) atoms. The molecule has 0 amide bonds. The van der Waals surface area contributed by atoms with E-state index in [4.69, 9.17) is 23.2 Å². The van der Waals surface area contributed by atoms with Crippen molar-refractivity contribution < 1.29 is 4.39 Å². The van der Waals surface area contributed by atoms with E-state index in [0.29, 0.717) is 27.6 Å². The van der Waals surface area contributed by atoms with E-state index in [1.807, 2.05) is 6.07 Å². The van der Waals surface area contributed by atoms with E-state index in [2.05, 4.69) is 19.9 Å². The second kappa shape index (κ2) is 6.35. The van der Waals surface area contributed by atoms with Crippen LogP contribution in [0, 0.1) is 5.82 Å². The Morgan fingerprint density at radius 1 is 0.880 bits per heavy atom. The van der Waals surface area contributed by atoms with Gasteiger partial charge >= 0.3 is 0 Å². The summed E-state index contributed by atoms with van der Waals surface area (Å²) in [6.45, 7) is 0. The topological polar surface area (TPSA) is 51.6 Å². The van der Waals surface area contributed by atoms with Gasteiger partial charge < -0.3 is 0 Å². The average molecular weight is 371 g/mol. The molecule has 3 aromatic heterocycles. The van der Waals surface area contributed by atoms with Crippen molar-refractivity contribution in [2.24, 2.45) is 0 Å². The number of benzene rings is 1. The predicted octanol–water partition coefficient (Wildman–Crippen LogP) is 5.20. The van der Waals surface area contributed by atoms with Crippen molar-refractivity contribution in [2.75, 3.05) is 0 Å². The molecule has 0 radical (unpaired) electrons. The second-order valence-electron chi connectivity index (χ2n) is 5.28. The first-order chi connectivity index (χ1) is 12.1. The number of halogens is 3. The summed E-state index contributed by atoms with van der Waals surface area (Å²) in [5, 5.41) is 1.45. The highest BCUT2D eigenvalue weighted by atomic mass is 35.5. The van der Waals surface area contributed by atoms with Gasteiger partial charge in [0.1, 0.15) is 11.0 Å². The highest BCUT2D eigenvalue weighted by molar-refractivity contribution is 6.30. The third-order valence-electron chi connectivity index (χ3n) is 3.67. The summed E-state index contributed by atoms with van der Waals surface area (Å²) in [5.74, 6) is -0.421. The van der Waals surface area contributed by atoms with Gasteiger partial charge in [-0.2, -0.15) is 0 Å². The lowest BCUT2D eigenvalue weighted by atomic mass is 10.0. The van der Waals surface area contributed by atoms with Crippen LogP contribution in [0.1, 0.15) is 0 Å². The summed E-state index contributed by atoms with van der Waals surface area (Å²) in [5.41, 5.74) is 2.43. The minimum Gasteiger partial charge on any atom is -0.259 e. The Balaban J connectivity index is 2.03. The fourth-order valence-electron chi connectivity index (χ4n) is 2.57. The van der Waals surface area contributed by atoms with Crippen molar-refractivity contribution in [1.82, 2.24) is 19.9 Å². The van der Waals surface area contributed by atoms with Crippen molar-refractivity contribution in [3.63, 3.8) is 0 Å². The first-order valence-electron chi connectivity index (χ1n) is 7.31. The maximum atomic E-state index is 14.3. The maximum Gasteiger partial charge on any atom is 0.160 e. The molecule has 0 atom stereocenters. The molecule has 0 spiro atoms. The standard InChI is InChI=1S/C18H9Cl2FN4/c19-10-3-4-14(21)13(6-10)15-7-12(16-8-22-9-17(20)24-16)11-2-1-5-23-18(11)25-15/h1-9H. The fourth-order valence-corrected chi connectivity index (χ4v) is 2.89. The van der Waals surface area contributed by atoms with Crippen molar-refractivity contribution >= 4 is 34.2 Å². The smallest absolute Gasteiger partial charge is 0.160 e. The largest absolute Gasteiger partial charge is 0.259 e. The van der Waals surface area contributed by atoms with Crippen molar-refractivity contribution in [2.45, 2.75) is 0 Å². The van der Waals surface area contributed by atoms with Crippen LogP contribution in [-0.2, 0) is 0 Å². The summed E-state index contributed by atoms with van der Waals surface area (Å²) >= 11 is 12.0. The fraction of sp³-hybridized carbons (Fsp3) is 0. The average Bonchev–Trinajstić information content (AvgIpc) is 2.63. The molecular weight excluding hydrogens is 362 g/mol. The summed E-state index contributed by atoms with van der Waals surface area (Å²) in [7, 11) is 0. The lowest BCUT2D eigenvalue weighted by Gasteiger charge is -2.10. The summed E-state index contributed by atoms with van der Waals surface area (Å²) in [6.07, 6.45) is 4.66. The van der Waals surface area contributed by atoms with E-state index in [1.54, 1.807) is 24.5 Å². The Bertz CT molecular complexity index is 1100. The molecule has 0 fully saturated rings. The molecule has 0 aliphatic rings. The molecule has 0 aliphatic carbocycles. The van der Waals surface area contributed by atoms with Gasteiger partial charge in [0.2, 0.25) is 0 Å². The molecule has 0 N–H and O–H groups in total. The van der Waals surface area contributed by atoms with E-state index in [0.717, 1.165) is 5.39 Å². The van der Waals surface area contributed by atoms with Crippen molar-refractivity contribution in [1.29, 1.82) is 0 Å². The Kier molecular flexibility index (Phi) is 4.03. The molecule has 0 aliphatic heterocycles. The second-order valence-corrected chi connectivity index (χ2v) is 6.10. The Morgan fingerprint density at radius 3 is 2.60 bits per heavy atom. The molecule has 0 unspecified atom stereocenters. The van der Waals surface area contributed by atoms with Crippen LogP contribution in [-0.4, -0.2) is 19.9 Å². The monoisotopic (exact) mass is 370 g/mol. The zero-order chi connectivity index (χ0) is 17.4. The number of rotatable bonds is 2. The van der Waals surface area contributed by atoms with Crippen molar-refractivity contribution in [3.8, 4) is 22.5 Å². The molecule has 1 aromatic carbocycles. The number of hydrogen-bond acceptors (Lipinski definition) is 4. The molecule has 4 nitrogen and oxygen atoms in total. The van der Waals surface area contributed by atoms with Gasteiger partial charge in [0.05, 0.1) is 23.8 Å². The number of fused-ring (bicyclic) bond motifs is 1. The van der Waals surface area contributed by atoms with Crippen LogP contribution in [0.25, 0.3) is 33.5 Å². The molecule has 0 saturated carbocycles. The molecule has 4 aromatic rings. The minimum absolute atomic E-state index is 0.266. The van der Waals surface area contributed by atoms with Gasteiger partial charge in [-0.25, -0.2) is 19.3 Å². The van der Waals surface area contributed by atoms with Gasteiger partial charge in [-0.1, -0.05) is 23.2 Å². The van der Waals surface area contributed by atoms with Crippen LogP contribution in [0.5, 0.6) is 0 Å². The first-order valence-corrected chi connectivity index (χ1v) is 8.06. The van der Waals surface area contributed by atoms with E-state index in [9.17, 15) is 4.39 Å². The zero-order valence-corrected chi connectivity index (χ0v) is 14.1. The lowest BCUT2D eigenvalue weighted by molar-refractivity contribution is 0.631. The van der Waals surface area contributed by atoms with Crippen LogP contribution in [0.15, 0.2) is 55.0 Å². The Labute approximate surface area is 152 Å². The molecule has 7 heteroatoms. The van der Waals surface area contributed by atoms with Crippen LogP contribution in [0.4, 0.5) is 4.39 Å². The zero-order valence-electron chi connectivity index (χ0n) is 12.6. The molecular formula is C18H9Cl2FN4. The van der Waals surface area contributed by atoms with Gasteiger partial charge in [-0.05, 0) is 36.4 Å². The molecule has 3 heterocycles. The summed E-state index contributed by atoms with van der Waals surface area (Å²) < 4.78 is 14.3. The Morgan fingerprint density at radius 2 is 1.76 bits per heavy atom. The quantitative estimate of drug-likeness (QED) is 0.486. The predicted molar refractivity (Wildman–Crippen MR) is 96.0 cm³/mol. The van der Waals surface area contributed by atoms with E-state index in [-0.39, 0.29) is 10.7 Å². The van der Waals surface area contributed by atoms with E-state index < -0.39 is 5.82 Å². The summed E-state index contributed by atoms with van der Waals surface area (Å²) in [6, 6.07) is 9.72. The number of pyridine rings is 2. The van der Waals surface area contributed by atoms with Crippen LogP contribution < -0.4 is 0 Å². The molecule has 4 rings (SSSR count). The highest BCUT2D eigenvalue weighted by Gasteiger charge is 2.14. The normalized spacial score (nSPS) is 11.0. The third-order valence-corrected chi connectivity index (χ3v) is 4.09. The van der Waals surface area contributed by atoms with Gasteiger partial charge in [-0.15, -0.1) is 0 Å². The maximum absolute atomic E-state index is 14.3. The molecule has 122 valence electrons. The minimum atomic E-state index is -0.421. The van der Waals surface area contributed by atoms with Gasteiger partial charge in [-0.3, -0.25) is 4.98 Å². The van der Waals surface area contributed by atoms with Gasteiger partial charge in [0.15, 0.2) is 5.65 Å². The third kappa shape index (κ3) is 3.04.